The van der Waals surface area contributed by atoms with Crippen LogP contribution in [0.15, 0.2) is 24.5 Å². The van der Waals surface area contributed by atoms with Crippen LogP contribution in [0.4, 0.5) is 0 Å². The highest BCUT2D eigenvalue weighted by molar-refractivity contribution is 5.39. The smallest absolute Gasteiger partial charge is 0.137 e. The normalized spacial score (nSPS) is 24.8. The lowest BCUT2D eigenvalue weighted by atomic mass is 9.76. The van der Waals surface area contributed by atoms with Crippen LogP contribution >= 0.6 is 0 Å². The van der Waals surface area contributed by atoms with Crippen molar-refractivity contribution in [2.45, 2.75) is 44.6 Å². The highest BCUT2D eigenvalue weighted by Gasteiger charge is 2.50. The van der Waals surface area contributed by atoms with Gasteiger partial charge in [-0.1, -0.05) is 25.0 Å². The van der Waals surface area contributed by atoms with Gasteiger partial charge in [0.25, 0.3) is 0 Å². The number of benzene rings is 1. The predicted octanol–water partition coefficient (Wildman–Crippen LogP) is 2.91. The molecule has 1 saturated carbocycles. The zero-order valence-corrected chi connectivity index (χ0v) is 14.9. The SMILES string of the molecule is Cn1cnnc1C1CN(Cc2ccc3c(c2)CCO3)CC12CCCC2. The van der Waals surface area contributed by atoms with Crippen molar-refractivity contribution in [2.75, 3.05) is 19.7 Å². The van der Waals surface area contributed by atoms with Gasteiger partial charge >= 0.3 is 0 Å². The molecule has 0 amide bonds. The number of nitrogens with zero attached hydrogens (tertiary/aromatic N) is 4. The fourth-order valence-corrected chi connectivity index (χ4v) is 5.34. The quantitative estimate of drug-likeness (QED) is 0.863. The van der Waals surface area contributed by atoms with Crippen LogP contribution in [0, 0.1) is 5.41 Å². The minimum atomic E-state index is 0.403. The van der Waals surface area contributed by atoms with Gasteiger partial charge in [0.1, 0.15) is 17.9 Å². The maximum Gasteiger partial charge on any atom is 0.137 e. The first-order chi connectivity index (χ1) is 12.2. The molecule has 3 heterocycles. The van der Waals surface area contributed by atoms with Crippen LogP contribution < -0.4 is 4.74 Å². The van der Waals surface area contributed by atoms with E-state index in [0.717, 1.165) is 31.9 Å². The summed E-state index contributed by atoms with van der Waals surface area (Å²) in [5, 5.41) is 8.62. The van der Waals surface area contributed by atoms with Gasteiger partial charge in [-0.05, 0) is 35.4 Å². The van der Waals surface area contributed by atoms with E-state index in [0.29, 0.717) is 11.3 Å². The van der Waals surface area contributed by atoms with E-state index >= 15 is 0 Å². The highest BCUT2D eigenvalue weighted by atomic mass is 16.5. The third-order valence-electron chi connectivity index (χ3n) is 6.54. The van der Waals surface area contributed by atoms with Crippen molar-refractivity contribution in [3.05, 3.63) is 41.5 Å². The average molecular weight is 338 g/mol. The molecule has 1 saturated heterocycles. The molecule has 0 N–H and O–H groups in total. The largest absolute Gasteiger partial charge is 0.493 e. The molecule has 5 heteroatoms. The number of hydrogen-bond donors (Lipinski definition) is 0. The lowest BCUT2D eigenvalue weighted by Gasteiger charge is -2.29. The Morgan fingerprint density at radius 3 is 2.96 bits per heavy atom. The Kier molecular flexibility index (Phi) is 3.59. The molecule has 5 nitrogen and oxygen atoms in total. The third-order valence-corrected chi connectivity index (χ3v) is 6.54. The highest BCUT2D eigenvalue weighted by Crippen LogP contribution is 2.53. The lowest BCUT2D eigenvalue weighted by Crippen LogP contribution is -2.27. The van der Waals surface area contributed by atoms with E-state index in [-0.39, 0.29) is 0 Å². The number of aromatic nitrogens is 3. The van der Waals surface area contributed by atoms with Crippen LogP contribution in [0.3, 0.4) is 0 Å². The Morgan fingerprint density at radius 1 is 1.28 bits per heavy atom. The van der Waals surface area contributed by atoms with Crippen molar-refractivity contribution in [1.29, 1.82) is 0 Å². The van der Waals surface area contributed by atoms with Crippen molar-refractivity contribution in [2.24, 2.45) is 12.5 Å². The Morgan fingerprint density at radius 2 is 2.16 bits per heavy atom. The predicted molar refractivity (Wildman–Crippen MR) is 95.6 cm³/mol. The number of likely N-dealkylation sites (tertiary alicyclic amines) is 1. The van der Waals surface area contributed by atoms with Crippen LogP contribution in [0.1, 0.15) is 48.6 Å². The van der Waals surface area contributed by atoms with Crippen LogP contribution in [0.25, 0.3) is 0 Å². The molecule has 3 aliphatic rings. The molecule has 2 aliphatic heterocycles. The summed E-state index contributed by atoms with van der Waals surface area (Å²) in [7, 11) is 2.08. The zero-order valence-electron chi connectivity index (χ0n) is 14.9. The van der Waals surface area contributed by atoms with E-state index in [2.05, 4.69) is 44.9 Å². The minimum Gasteiger partial charge on any atom is -0.493 e. The summed E-state index contributed by atoms with van der Waals surface area (Å²) in [6.45, 7) is 4.15. The molecule has 0 radical (unpaired) electrons. The van der Waals surface area contributed by atoms with Crippen molar-refractivity contribution < 1.29 is 4.74 Å². The van der Waals surface area contributed by atoms with Gasteiger partial charge in [0, 0.05) is 39.0 Å². The maximum absolute atomic E-state index is 5.65. The first-order valence-electron chi connectivity index (χ1n) is 9.54. The lowest BCUT2D eigenvalue weighted by molar-refractivity contribution is 0.243. The molecule has 1 aromatic carbocycles. The zero-order chi connectivity index (χ0) is 16.9. The number of fused-ring (bicyclic) bond motifs is 1. The average Bonchev–Trinajstić information content (AvgIpc) is 3.37. The van der Waals surface area contributed by atoms with Gasteiger partial charge in [-0.25, -0.2) is 0 Å². The van der Waals surface area contributed by atoms with Crippen LogP contribution in [0.2, 0.25) is 0 Å². The van der Waals surface area contributed by atoms with Crippen molar-refractivity contribution >= 4 is 0 Å². The number of hydrogen-bond acceptors (Lipinski definition) is 4. The summed E-state index contributed by atoms with van der Waals surface area (Å²) >= 11 is 0. The van der Waals surface area contributed by atoms with Crippen molar-refractivity contribution in [1.82, 2.24) is 19.7 Å². The molecule has 5 rings (SSSR count). The van der Waals surface area contributed by atoms with E-state index in [1.54, 1.807) is 0 Å². The summed E-state index contributed by atoms with van der Waals surface area (Å²) < 4.78 is 7.77. The third kappa shape index (κ3) is 2.56. The molecule has 1 aromatic heterocycles. The fourth-order valence-electron chi connectivity index (χ4n) is 5.34. The van der Waals surface area contributed by atoms with Crippen molar-refractivity contribution in [3.63, 3.8) is 0 Å². The molecule has 2 fully saturated rings. The molecule has 1 unspecified atom stereocenters. The summed E-state index contributed by atoms with van der Waals surface area (Å²) in [5.74, 6) is 2.77. The van der Waals surface area contributed by atoms with E-state index < -0.39 is 0 Å². The Labute approximate surface area is 149 Å². The molecular weight excluding hydrogens is 312 g/mol. The first kappa shape index (κ1) is 15.4. The van der Waals surface area contributed by atoms with Gasteiger partial charge < -0.3 is 9.30 Å². The minimum absolute atomic E-state index is 0.403. The Bertz CT molecular complexity index is 778. The van der Waals surface area contributed by atoms with Gasteiger partial charge in [0.15, 0.2) is 0 Å². The molecule has 1 spiro atoms. The standard InChI is InChI=1S/C20H26N4O/c1-23-14-21-22-19(23)17-12-24(13-20(17)7-2-3-8-20)11-15-4-5-18-16(10-15)6-9-25-18/h4-5,10,14,17H,2-3,6-9,11-13H2,1H3. The molecular formula is C20H26N4O. The summed E-state index contributed by atoms with van der Waals surface area (Å²) in [5.41, 5.74) is 3.19. The topological polar surface area (TPSA) is 43.2 Å². The molecule has 25 heavy (non-hydrogen) atoms. The summed E-state index contributed by atoms with van der Waals surface area (Å²) in [4.78, 5) is 2.64. The van der Waals surface area contributed by atoms with Crippen LogP contribution in [-0.4, -0.2) is 39.4 Å². The van der Waals surface area contributed by atoms with E-state index in [1.807, 2.05) is 6.33 Å². The second kappa shape index (κ2) is 5.84. The van der Waals surface area contributed by atoms with Gasteiger partial charge in [-0.2, -0.15) is 0 Å². The van der Waals surface area contributed by atoms with Crippen molar-refractivity contribution in [3.8, 4) is 5.75 Å². The molecule has 0 bridgehead atoms. The molecule has 132 valence electrons. The van der Waals surface area contributed by atoms with E-state index in [1.165, 1.54) is 49.2 Å². The van der Waals surface area contributed by atoms with Gasteiger partial charge in [-0.15, -0.1) is 10.2 Å². The van der Waals surface area contributed by atoms with Crippen LogP contribution in [-0.2, 0) is 20.0 Å². The number of aryl methyl sites for hydroxylation is 1. The Hall–Kier alpha value is -1.88. The summed E-state index contributed by atoms with van der Waals surface area (Å²) in [6.07, 6.45) is 8.28. The van der Waals surface area contributed by atoms with E-state index in [4.69, 9.17) is 4.74 Å². The van der Waals surface area contributed by atoms with E-state index in [9.17, 15) is 0 Å². The molecule has 1 aliphatic carbocycles. The molecule has 2 aromatic rings. The monoisotopic (exact) mass is 338 g/mol. The maximum atomic E-state index is 5.65. The Balaban J connectivity index is 1.39. The fraction of sp³-hybridized carbons (Fsp3) is 0.600. The number of rotatable bonds is 3. The second-order valence-corrected chi connectivity index (χ2v) is 8.13. The van der Waals surface area contributed by atoms with Crippen LogP contribution in [0.5, 0.6) is 5.75 Å². The van der Waals surface area contributed by atoms with Gasteiger partial charge in [0.05, 0.1) is 6.61 Å². The summed E-state index contributed by atoms with van der Waals surface area (Å²) in [6, 6.07) is 6.74. The first-order valence-corrected chi connectivity index (χ1v) is 9.54. The molecule has 1 atom stereocenters. The number of ether oxygens (including phenoxy) is 1. The second-order valence-electron chi connectivity index (χ2n) is 8.13. The van der Waals surface area contributed by atoms with Gasteiger partial charge in [-0.3, -0.25) is 4.90 Å². The van der Waals surface area contributed by atoms with Gasteiger partial charge in [0.2, 0.25) is 0 Å².